The Morgan fingerprint density at radius 1 is 1.38 bits per heavy atom. The maximum atomic E-state index is 12.8. The summed E-state index contributed by atoms with van der Waals surface area (Å²) in [5, 5.41) is 2.56. The Hall–Kier alpha value is -0.420. The smallest absolute Gasteiger partial charge is 0.256 e. The number of alkyl halides is 2. The van der Waals surface area contributed by atoms with Gasteiger partial charge in [0.1, 0.15) is 5.82 Å². The molecule has 0 unspecified atom stereocenters. The van der Waals surface area contributed by atoms with Crippen molar-refractivity contribution in [1.82, 2.24) is 0 Å². The largest absolute Gasteiger partial charge is 0.323 e. The summed E-state index contributed by atoms with van der Waals surface area (Å²) in [4.78, 5) is 11.3. The van der Waals surface area contributed by atoms with E-state index in [1.54, 1.807) is 6.07 Å². The first-order valence-corrected chi connectivity index (χ1v) is 5.10. The van der Waals surface area contributed by atoms with Gasteiger partial charge >= 0.3 is 0 Å². The lowest BCUT2D eigenvalue weighted by atomic mass is 10.1. The van der Waals surface area contributed by atoms with Crippen molar-refractivity contribution in [2.45, 2.75) is 3.23 Å². The number of rotatable bonds is 0. The topological polar surface area (TPSA) is 29.1 Å². The zero-order valence-electron chi connectivity index (χ0n) is 6.27. The van der Waals surface area contributed by atoms with Crippen molar-refractivity contribution in [3.8, 4) is 0 Å². The lowest BCUT2D eigenvalue weighted by Crippen LogP contribution is -2.20. The predicted octanol–water partition coefficient (Wildman–Crippen LogP) is 2.72. The fourth-order valence-corrected chi connectivity index (χ4v) is 2.11. The van der Waals surface area contributed by atoms with Crippen LogP contribution in [0.15, 0.2) is 18.2 Å². The van der Waals surface area contributed by atoms with Crippen LogP contribution in [0, 0.1) is 5.82 Å². The second-order valence-corrected chi connectivity index (χ2v) is 6.16. The lowest BCUT2D eigenvalue weighted by Gasteiger charge is -2.09. The zero-order chi connectivity index (χ0) is 9.64. The molecule has 0 aliphatic carbocycles. The highest BCUT2D eigenvalue weighted by molar-refractivity contribution is 9.25. The van der Waals surface area contributed by atoms with Crippen molar-refractivity contribution < 1.29 is 9.18 Å². The highest BCUT2D eigenvalue weighted by Crippen LogP contribution is 2.47. The average Bonchev–Trinajstić information content (AvgIpc) is 2.23. The van der Waals surface area contributed by atoms with E-state index in [1.165, 1.54) is 12.1 Å². The van der Waals surface area contributed by atoms with E-state index in [9.17, 15) is 9.18 Å². The van der Waals surface area contributed by atoms with Gasteiger partial charge in [-0.25, -0.2) is 4.39 Å². The quantitative estimate of drug-likeness (QED) is 0.734. The number of carbonyl (C=O) groups excluding carboxylic acids is 1. The van der Waals surface area contributed by atoms with Crippen LogP contribution in [0.5, 0.6) is 0 Å². The lowest BCUT2D eigenvalue weighted by molar-refractivity contribution is -0.115. The highest BCUT2D eigenvalue weighted by atomic mass is 79.9. The van der Waals surface area contributed by atoms with Gasteiger partial charge in [0.15, 0.2) is 3.23 Å². The fourth-order valence-electron chi connectivity index (χ4n) is 1.22. The molecule has 0 bridgehead atoms. The molecule has 1 heterocycles. The molecule has 5 heteroatoms. The predicted molar refractivity (Wildman–Crippen MR) is 54.6 cm³/mol. The molecule has 0 spiro atoms. The molecule has 68 valence electrons. The molecule has 0 saturated heterocycles. The number of nitrogens with one attached hydrogen (secondary N) is 1. The van der Waals surface area contributed by atoms with Crippen molar-refractivity contribution in [1.29, 1.82) is 0 Å². The van der Waals surface area contributed by atoms with Gasteiger partial charge in [0.05, 0.1) is 0 Å². The first kappa shape index (κ1) is 9.15. The van der Waals surface area contributed by atoms with Gasteiger partial charge in [-0.05, 0) is 12.1 Å². The summed E-state index contributed by atoms with van der Waals surface area (Å²) in [6, 6.07) is 4.17. The number of benzene rings is 1. The Bertz CT molecular complexity index is 392. The SMILES string of the molecule is O=C1Nc2cc(F)ccc2C1(Br)Br. The van der Waals surface area contributed by atoms with Gasteiger partial charge in [-0.1, -0.05) is 37.9 Å². The van der Waals surface area contributed by atoms with Gasteiger partial charge in [0.2, 0.25) is 0 Å². The molecule has 0 saturated carbocycles. The number of amides is 1. The van der Waals surface area contributed by atoms with Crippen LogP contribution in [0.3, 0.4) is 0 Å². The Labute approximate surface area is 90.8 Å². The summed E-state index contributed by atoms with van der Waals surface area (Å²) in [5.74, 6) is -0.607. The average molecular weight is 309 g/mol. The fraction of sp³-hybridized carbons (Fsp3) is 0.125. The van der Waals surface area contributed by atoms with Crippen LogP contribution in [0.25, 0.3) is 0 Å². The van der Waals surface area contributed by atoms with Crippen LogP contribution in [0.1, 0.15) is 5.56 Å². The standard InChI is InChI=1S/C8H4Br2FNO/c9-8(10)5-2-1-4(11)3-6(5)12-7(8)13/h1-3H,(H,12,13). The molecule has 0 fully saturated rings. The molecule has 0 radical (unpaired) electrons. The Morgan fingerprint density at radius 2 is 2.08 bits per heavy atom. The Balaban J connectivity index is 2.62. The maximum absolute atomic E-state index is 12.8. The number of carbonyl (C=O) groups is 1. The second-order valence-electron chi connectivity index (χ2n) is 2.72. The van der Waals surface area contributed by atoms with Crippen LogP contribution in [0.2, 0.25) is 0 Å². The van der Waals surface area contributed by atoms with Crippen LogP contribution < -0.4 is 5.32 Å². The summed E-state index contributed by atoms with van der Waals surface area (Å²) in [7, 11) is 0. The molecule has 2 nitrogen and oxygen atoms in total. The van der Waals surface area contributed by atoms with E-state index >= 15 is 0 Å². The van der Waals surface area contributed by atoms with Gasteiger partial charge in [0, 0.05) is 11.3 Å². The minimum atomic E-state index is -0.914. The molecule has 2 rings (SSSR count). The number of hydrogen-bond acceptors (Lipinski definition) is 1. The van der Waals surface area contributed by atoms with Crippen molar-refractivity contribution in [2.24, 2.45) is 0 Å². The van der Waals surface area contributed by atoms with Crippen LogP contribution in [0.4, 0.5) is 10.1 Å². The molecule has 0 atom stereocenters. The molecule has 1 aromatic rings. The van der Waals surface area contributed by atoms with Crippen LogP contribution in [-0.2, 0) is 8.03 Å². The van der Waals surface area contributed by atoms with Gasteiger partial charge in [-0.15, -0.1) is 0 Å². The first-order chi connectivity index (χ1) is 6.01. The Kier molecular flexibility index (Phi) is 1.96. The summed E-state index contributed by atoms with van der Waals surface area (Å²) in [6.45, 7) is 0. The normalized spacial score (nSPS) is 18.2. The Morgan fingerprint density at radius 3 is 2.77 bits per heavy atom. The van der Waals surface area contributed by atoms with Crippen molar-refractivity contribution in [3.63, 3.8) is 0 Å². The van der Waals surface area contributed by atoms with E-state index in [4.69, 9.17) is 0 Å². The molecule has 1 aliphatic rings. The summed E-state index contributed by atoms with van der Waals surface area (Å²) in [6.07, 6.45) is 0. The van der Waals surface area contributed by atoms with Crippen LogP contribution >= 0.6 is 31.9 Å². The van der Waals surface area contributed by atoms with E-state index < -0.39 is 3.23 Å². The molecule has 13 heavy (non-hydrogen) atoms. The van der Waals surface area contributed by atoms with E-state index in [-0.39, 0.29) is 11.7 Å². The van der Waals surface area contributed by atoms with Gasteiger partial charge in [-0.2, -0.15) is 0 Å². The molecule has 1 aliphatic heterocycles. The minimum absolute atomic E-state index is 0.242. The number of hydrogen-bond donors (Lipinski definition) is 1. The van der Waals surface area contributed by atoms with Crippen LogP contribution in [-0.4, -0.2) is 5.91 Å². The van der Waals surface area contributed by atoms with Crippen molar-refractivity contribution in [2.75, 3.05) is 5.32 Å². The molecule has 1 aromatic carbocycles. The molecule has 1 amide bonds. The van der Waals surface area contributed by atoms with E-state index in [0.29, 0.717) is 11.3 Å². The van der Waals surface area contributed by atoms with E-state index in [0.717, 1.165) is 0 Å². The third-order valence-electron chi connectivity index (χ3n) is 1.85. The summed E-state index contributed by atoms with van der Waals surface area (Å²) in [5.41, 5.74) is 1.19. The number of fused-ring (bicyclic) bond motifs is 1. The van der Waals surface area contributed by atoms with Gasteiger partial charge < -0.3 is 5.32 Å². The summed E-state index contributed by atoms with van der Waals surface area (Å²) >= 11 is 6.43. The third-order valence-corrected chi connectivity index (χ3v) is 3.43. The first-order valence-electron chi connectivity index (χ1n) is 3.51. The maximum Gasteiger partial charge on any atom is 0.256 e. The molecule has 1 N–H and O–H groups in total. The third kappa shape index (κ3) is 1.30. The molecular weight excluding hydrogens is 305 g/mol. The van der Waals surface area contributed by atoms with Gasteiger partial charge in [-0.3, -0.25) is 4.79 Å². The highest BCUT2D eigenvalue weighted by Gasteiger charge is 2.42. The number of halogens is 3. The van der Waals surface area contributed by atoms with E-state index in [1.807, 2.05) is 0 Å². The van der Waals surface area contributed by atoms with Crippen molar-refractivity contribution >= 4 is 43.5 Å². The zero-order valence-corrected chi connectivity index (χ0v) is 9.45. The van der Waals surface area contributed by atoms with Crippen molar-refractivity contribution in [3.05, 3.63) is 29.6 Å². The molecule has 0 aromatic heterocycles. The second kappa shape index (κ2) is 2.78. The van der Waals surface area contributed by atoms with Gasteiger partial charge in [0.25, 0.3) is 5.91 Å². The minimum Gasteiger partial charge on any atom is -0.323 e. The van der Waals surface area contributed by atoms with E-state index in [2.05, 4.69) is 37.2 Å². The summed E-state index contributed by atoms with van der Waals surface area (Å²) < 4.78 is 11.8. The monoisotopic (exact) mass is 307 g/mol. The number of anilines is 1. The molecular formula is C8H4Br2FNO.